The van der Waals surface area contributed by atoms with Gasteiger partial charge < -0.3 is 19.6 Å². The van der Waals surface area contributed by atoms with Crippen LogP contribution in [0.3, 0.4) is 0 Å². The van der Waals surface area contributed by atoms with E-state index in [0.717, 1.165) is 5.56 Å². The topological polar surface area (TPSA) is 87.2 Å². The van der Waals surface area contributed by atoms with Gasteiger partial charge in [-0.1, -0.05) is 42.8 Å². The van der Waals surface area contributed by atoms with Crippen molar-refractivity contribution >= 4 is 46.8 Å². The van der Waals surface area contributed by atoms with E-state index in [9.17, 15) is 19.5 Å². The van der Waals surface area contributed by atoms with E-state index in [1.807, 2.05) is 19.1 Å². The van der Waals surface area contributed by atoms with E-state index in [1.165, 1.54) is 4.90 Å². The van der Waals surface area contributed by atoms with Crippen molar-refractivity contribution in [2.75, 3.05) is 24.7 Å². The van der Waals surface area contributed by atoms with Crippen molar-refractivity contribution in [1.29, 1.82) is 0 Å². The van der Waals surface area contributed by atoms with Crippen LogP contribution in [0.4, 0.5) is 5.69 Å². The van der Waals surface area contributed by atoms with E-state index in [0.29, 0.717) is 23.6 Å². The molecule has 1 aromatic carbocycles. The van der Waals surface area contributed by atoms with Crippen LogP contribution >= 0.6 is 23.4 Å². The van der Waals surface area contributed by atoms with Crippen LogP contribution in [-0.2, 0) is 19.1 Å². The Labute approximate surface area is 227 Å². The number of aliphatic hydroxyl groups excluding tert-OH is 1. The Bertz CT molecular complexity index is 1090. The summed E-state index contributed by atoms with van der Waals surface area (Å²) in [5, 5.41) is 10.4. The molecule has 7 atom stereocenters. The molecule has 2 bridgehead atoms. The van der Waals surface area contributed by atoms with Gasteiger partial charge in [0.15, 0.2) is 0 Å². The number of likely N-dealkylation sites (tertiary alicyclic amines) is 1. The molecule has 9 heteroatoms. The fraction of sp³-hybridized carbons (Fsp3) is 0.536. The molecule has 0 saturated carbocycles. The van der Waals surface area contributed by atoms with E-state index in [-0.39, 0.29) is 42.7 Å². The van der Waals surface area contributed by atoms with Crippen molar-refractivity contribution in [3.05, 3.63) is 54.1 Å². The van der Waals surface area contributed by atoms with Gasteiger partial charge in [-0.15, -0.1) is 24.9 Å². The zero-order valence-electron chi connectivity index (χ0n) is 21.6. The van der Waals surface area contributed by atoms with Crippen LogP contribution in [0, 0.1) is 24.7 Å². The Morgan fingerprint density at radius 1 is 1.38 bits per heavy atom. The summed E-state index contributed by atoms with van der Waals surface area (Å²) in [5.74, 6) is -2.31. The molecule has 3 heterocycles. The minimum Gasteiger partial charge on any atom is -0.465 e. The van der Waals surface area contributed by atoms with Crippen molar-refractivity contribution in [2.24, 2.45) is 17.8 Å². The highest BCUT2D eigenvalue weighted by molar-refractivity contribution is 8.02. The molecule has 1 spiro atoms. The second-order valence-electron chi connectivity index (χ2n) is 10.2. The molecule has 3 fully saturated rings. The molecule has 1 aromatic rings. The normalized spacial score (nSPS) is 30.7. The SMILES string of the molecule is C=CCCOC(=O)[C@@H]1[C@@H]2CC(C)C3(S2)C(C(=O)N(CC=C)c2c(C)cccc2Cl)N([C@H](C)CO)C(=O)[C@H]13. The van der Waals surface area contributed by atoms with Crippen molar-refractivity contribution in [3.63, 3.8) is 0 Å². The van der Waals surface area contributed by atoms with Crippen LogP contribution < -0.4 is 4.90 Å². The number of carbonyl (C=O) groups excluding carboxylic acids is 3. The summed E-state index contributed by atoms with van der Waals surface area (Å²) in [5.41, 5.74) is 1.39. The van der Waals surface area contributed by atoms with Gasteiger partial charge in [0.05, 0.1) is 46.5 Å². The first-order chi connectivity index (χ1) is 17.6. The summed E-state index contributed by atoms with van der Waals surface area (Å²) in [4.78, 5) is 45.0. The van der Waals surface area contributed by atoms with Crippen LogP contribution in [0.1, 0.15) is 32.3 Å². The number of benzene rings is 1. The highest BCUT2D eigenvalue weighted by Crippen LogP contribution is 2.69. The molecule has 3 unspecified atom stereocenters. The molecular weight excluding hydrogens is 512 g/mol. The lowest BCUT2D eigenvalue weighted by molar-refractivity contribution is -0.154. The fourth-order valence-electron chi connectivity index (χ4n) is 6.44. The first kappa shape index (κ1) is 27.7. The molecule has 3 saturated heterocycles. The molecule has 1 N–H and O–H groups in total. The second-order valence-corrected chi connectivity index (χ2v) is 12.2. The van der Waals surface area contributed by atoms with Crippen molar-refractivity contribution < 1.29 is 24.2 Å². The van der Waals surface area contributed by atoms with Gasteiger partial charge in [-0.3, -0.25) is 14.4 Å². The smallest absolute Gasteiger partial charge is 0.310 e. The van der Waals surface area contributed by atoms with E-state index >= 15 is 0 Å². The Morgan fingerprint density at radius 3 is 2.73 bits per heavy atom. The number of esters is 1. The van der Waals surface area contributed by atoms with Crippen LogP contribution in [-0.4, -0.2) is 69.6 Å². The summed E-state index contributed by atoms with van der Waals surface area (Å²) in [6.07, 6.45) is 4.54. The number of hydrogen-bond acceptors (Lipinski definition) is 6. The van der Waals surface area contributed by atoms with Crippen molar-refractivity contribution in [2.45, 2.75) is 55.7 Å². The van der Waals surface area contributed by atoms with Crippen molar-refractivity contribution in [3.8, 4) is 0 Å². The molecule has 0 radical (unpaired) electrons. The highest BCUT2D eigenvalue weighted by atomic mass is 35.5. The first-order valence-corrected chi connectivity index (χ1v) is 14.0. The minimum absolute atomic E-state index is 0.00330. The third kappa shape index (κ3) is 4.31. The van der Waals surface area contributed by atoms with Gasteiger partial charge >= 0.3 is 5.97 Å². The fourth-order valence-corrected chi connectivity index (χ4v) is 9.16. The number of hydrogen-bond donors (Lipinski definition) is 1. The number of para-hydroxylation sites is 1. The van der Waals surface area contributed by atoms with Crippen LogP contribution in [0.25, 0.3) is 0 Å². The standard InChI is InChI=1S/C28H35ClN2O5S/c1-6-8-13-36-27(35)21-20-14-17(4)28(37-20)22(21)25(33)31(18(5)15-32)24(28)26(34)30(12-7-2)23-16(3)10-9-11-19(23)29/h6-7,9-11,17-18,20-22,24,32H,1-2,8,12-15H2,3-5H3/t17?,18-,20+,21-,22+,24?,28?/m1/s1. The third-order valence-electron chi connectivity index (χ3n) is 8.03. The number of aryl methyl sites for hydroxylation is 1. The summed E-state index contributed by atoms with van der Waals surface area (Å²) in [6.45, 7) is 13.3. The maximum atomic E-state index is 14.6. The maximum absolute atomic E-state index is 14.6. The van der Waals surface area contributed by atoms with Crippen LogP contribution in [0.15, 0.2) is 43.5 Å². The van der Waals surface area contributed by atoms with Gasteiger partial charge in [-0.2, -0.15) is 0 Å². The summed E-state index contributed by atoms with van der Waals surface area (Å²) in [7, 11) is 0. The molecule has 2 amide bonds. The molecule has 0 aliphatic carbocycles. The van der Waals surface area contributed by atoms with Crippen LogP contribution in [0.2, 0.25) is 5.02 Å². The number of amides is 2. The summed E-state index contributed by atoms with van der Waals surface area (Å²) in [6, 6.07) is 3.95. The molecule has 7 nitrogen and oxygen atoms in total. The quantitative estimate of drug-likeness (QED) is 0.271. The van der Waals surface area contributed by atoms with Gasteiger partial charge in [0, 0.05) is 11.8 Å². The molecule has 3 aliphatic rings. The zero-order chi connectivity index (χ0) is 27.1. The number of fused-ring (bicyclic) bond motifs is 1. The Morgan fingerprint density at radius 2 is 2.11 bits per heavy atom. The van der Waals surface area contributed by atoms with Crippen molar-refractivity contribution in [1.82, 2.24) is 4.90 Å². The van der Waals surface area contributed by atoms with Gasteiger partial charge in [0.2, 0.25) is 5.91 Å². The average molecular weight is 547 g/mol. The lowest BCUT2D eigenvalue weighted by Crippen LogP contribution is -2.59. The Hall–Kier alpha value is -2.29. The second kappa shape index (κ2) is 10.8. The monoisotopic (exact) mass is 546 g/mol. The van der Waals surface area contributed by atoms with E-state index in [4.69, 9.17) is 16.3 Å². The number of nitrogens with zero attached hydrogens (tertiary/aromatic N) is 2. The molecule has 4 rings (SSSR count). The first-order valence-electron chi connectivity index (χ1n) is 12.7. The molecular formula is C28H35ClN2O5S. The predicted octanol–water partition coefficient (Wildman–Crippen LogP) is 4.00. The number of halogens is 1. The molecule has 200 valence electrons. The maximum Gasteiger partial charge on any atom is 0.310 e. The lowest BCUT2D eigenvalue weighted by Gasteiger charge is -2.41. The summed E-state index contributed by atoms with van der Waals surface area (Å²) < 4.78 is 4.72. The minimum atomic E-state index is -0.876. The largest absolute Gasteiger partial charge is 0.465 e. The zero-order valence-corrected chi connectivity index (χ0v) is 23.1. The van der Waals surface area contributed by atoms with E-state index in [1.54, 1.807) is 41.8 Å². The van der Waals surface area contributed by atoms with Gasteiger partial charge in [-0.25, -0.2) is 0 Å². The van der Waals surface area contributed by atoms with Gasteiger partial charge in [0.25, 0.3) is 5.91 Å². The molecule has 0 aromatic heterocycles. The van der Waals surface area contributed by atoms with Crippen LogP contribution in [0.5, 0.6) is 0 Å². The highest BCUT2D eigenvalue weighted by Gasteiger charge is 2.77. The number of ether oxygens (including phenoxy) is 1. The number of thioether (sulfide) groups is 1. The molecule has 37 heavy (non-hydrogen) atoms. The number of anilines is 1. The number of carbonyl (C=O) groups is 3. The molecule has 3 aliphatic heterocycles. The van der Waals surface area contributed by atoms with Gasteiger partial charge in [0.1, 0.15) is 6.04 Å². The number of rotatable bonds is 10. The number of aliphatic hydroxyl groups is 1. The van der Waals surface area contributed by atoms with E-state index < -0.39 is 34.6 Å². The van der Waals surface area contributed by atoms with E-state index in [2.05, 4.69) is 20.1 Å². The lowest BCUT2D eigenvalue weighted by atomic mass is 9.66. The summed E-state index contributed by atoms with van der Waals surface area (Å²) >= 11 is 8.16. The van der Waals surface area contributed by atoms with Gasteiger partial charge in [-0.05, 0) is 44.2 Å². The Balaban J connectivity index is 1.82. The average Bonchev–Trinajstić information content (AvgIpc) is 3.46. The third-order valence-corrected chi connectivity index (χ3v) is 10.4. The predicted molar refractivity (Wildman–Crippen MR) is 147 cm³/mol. The Kier molecular flexibility index (Phi) is 8.12.